The summed E-state index contributed by atoms with van der Waals surface area (Å²) in [5, 5.41) is 8.73. The molecule has 18 heavy (non-hydrogen) atoms. The van der Waals surface area contributed by atoms with E-state index >= 15 is 0 Å². The molecule has 3 atom stereocenters. The summed E-state index contributed by atoms with van der Waals surface area (Å²) >= 11 is 0. The molecule has 0 spiro atoms. The number of nitrogens with two attached hydrogens (primary N) is 1. The molecule has 102 valence electrons. The van der Waals surface area contributed by atoms with Gasteiger partial charge in [0, 0.05) is 11.8 Å². The van der Waals surface area contributed by atoms with E-state index in [4.69, 9.17) is 10.8 Å². The first-order valence-corrected chi connectivity index (χ1v) is 6.33. The van der Waals surface area contributed by atoms with Gasteiger partial charge in [0.05, 0.1) is 6.04 Å². The average Bonchev–Trinajstić information content (AvgIpc) is 2.39. The smallest absolute Gasteiger partial charge is 0.174 e. The topological polar surface area (TPSA) is 97.5 Å². The SMILES string of the molecule is CC1C(C=O)CC(CC(N)C(=O)CO)CC1C=O. The molecule has 0 heterocycles. The van der Waals surface area contributed by atoms with Gasteiger partial charge in [-0.25, -0.2) is 0 Å². The molecule has 0 radical (unpaired) electrons. The Morgan fingerprint density at radius 3 is 2.22 bits per heavy atom. The third-order valence-corrected chi connectivity index (χ3v) is 4.07. The second-order valence-corrected chi connectivity index (χ2v) is 5.26. The molecule has 5 nitrogen and oxygen atoms in total. The van der Waals surface area contributed by atoms with Crippen molar-refractivity contribution in [3.63, 3.8) is 0 Å². The number of aldehydes is 2. The van der Waals surface area contributed by atoms with Crippen molar-refractivity contribution < 1.29 is 19.5 Å². The van der Waals surface area contributed by atoms with Crippen LogP contribution in [-0.2, 0) is 14.4 Å². The van der Waals surface area contributed by atoms with Gasteiger partial charge in [0.2, 0.25) is 0 Å². The highest BCUT2D eigenvalue weighted by Crippen LogP contribution is 2.38. The molecule has 1 rings (SSSR count). The Hall–Kier alpha value is -1.07. The van der Waals surface area contributed by atoms with Crippen molar-refractivity contribution in [1.29, 1.82) is 0 Å². The lowest BCUT2D eigenvalue weighted by molar-refractivity contribution is -0.123. The summed E-state index contributed by atoms with van der Waals surface area (Å²) in [7, 11) is 0. The molecule has 0 aliphatic heterocycles. The quantitative estimate of drug-likeness (QED) is 0.648. The van der Waals surface area contributed by atoms with E-state index in [1.165, 1.54) is 0 Å². The van der Waals surface area contributed by atoms with E-state index in [1.807, 2.05) is 6.92 Å². The molecule has 1 aliphatic rings. The van der Waals surface area contributed by atoms with Gasteiger partial charge in [-0.05, 0) is 31.1 Å². The van der Waals surface area contributed by atoms with Crippen LogP contribution in [-0.4, -0.2) is 36.1 Å². The Kier molecular flexibility index (Phi) is 5.62. The van der Waals surface area contributed by atoms with Crippen LogP contribution in [0, 0.1) is 23.7 Å². The zero-order valence-corrected chi connectivity index (χ0v) is 10.6. The van der Waals surface area contributed by atoms with Crippen LogP contribution in [0.2, 0.25) is 0 Å². The Labute approximate surface area is 107 Å². The fourth-order valence-electron chi connectivity index (χ4n) is 2.77. The fraction of sp³-hybridized carbons (Fsp3) is 0.769. The predicted octanol–water partition coefficient (Wildman–Crippen LogP) is -0.0585. The normalized spacial score (nSPS) is 33.7. The zero-order valence-electron chi connectivity index (χ0n) is 10.6. The van der Waals surface area contributed by atoms with Crippen LogP contribution in [0.1, 0.15) is 26.2 Å². The number of hydrogen-bond acceptors (Lipinski definition) is 5. The number of Topliss-reactive ketones (excluding diaryl/α,β-unsaturated/α-hetero) is 1. The lowest BCUT2D eigenvalue weighted by Gasteiger charge is -2.36. The van der Waals surface area contributed by atoms with Crippen LogP contribution in [0.5, 0.6) is 0 Å². The van der Waals surface area contributed by atoms with Crippen molar-refractivity contribution in [2.75, 3.05) is 6.61 Å². The summed E-state index contributed by atoms with van der Waals surface area (Å²) in [4.78, 5) is 33.2. The summed E-state index contributed by atoms with van der Waals surface area (Å²) in [6, 6.07) is -0.701. The van der Waals surface area contributed by atoms with Crippen LogP contribution < -0.4 is 5.73 Å². The molecule has 3 N–H and O–H groups in total. The first kappa shape index (κ1) is 15.0. The molecule has 0 amide bonds. The second kappa shape index (κ2) is 6.75. The Morgan fingerprint density at radius 1 is 1.33 bits per heavy atom. The minimum Gasteiger partial charge on any atom is -0.389 e. The first-order chi connectivity index (χ1) is 8.53. The lowest BCUT2D eigenvalue weighted by atomic mass is 9.68. The third kappa shape index (κ3) is 3.46. The standard InChI is InChI=1S/C13H21NO4/c1-8-10(5-15)2-9(3-11(8)6-16)4-12(14)13(18)7-17/h5-6,8-12,17H,2-4,7,14H2,1H3. The maximum atomic E-state index is 11.2. The molecule has 0 aromatic rings. The van der Waals surface area contributed by atoms with Gasteiger partial charge in [-0.1, -0.05) is 6.92 Å². The van der Waals surface area contributed by atoms with Gasteiger partial charge in [0.15, 0.2) is 5.78 Å². The Bertz CT molecular complexity index is 300. The van der Waals surface area contributed by atoms with Gasteiger partial charge < -0.3 is 20.4 Å². The number of carbonyl (C=O) groups is 3. The summed E-state index contributed by atoms with van der Waals surface area (Å²) in [5.74, 6) is -0.525. The number of aliphatic hydroxyl groups excluding tert-OH is 1. The maximum absolute atomic E-state index is 11.2. The lowest BCUT2D eigenvalue weighted by Crippen LogP contribution is -2.39. The monoisotopic (exact) mass is 255 g/mol. The molecule has 1 aliphatic carbocycles. The average molecular weight is 255 g/mol. The van der Waals surface area contributed by atoms with E-state index in [1.54, 1.807) is 0 Å². The van der Waals surface area contributed by atoms with Gasteiger partial charge in [-0.3, -0.25) is 4.79 Å². The molecule has 0 saturated heterocycles. The molecule has 3 unspecified atom stereocenters. The molecule has 1 fully saturated rings. The highest BCUT2D eigenvalue weighted by atomic mass is 16.3. The first-order valence-electron chi connectivity index (χ1n) is 6.33. The molecular weight excluding hydrogens is 234 g/mol. The van der Waals surface area contributed by atoms with Crippen LogP contribution >= 0.6 is 0 Å². The van der Waals surface area contributed by atoms with Crippen LogP contribution in [0.25, 0.3) is 0 Å². The van der Waals surface area contributed by atoms with Crippen molar-refractivity contribution in [2.45, 2.75) is 32.2 Å². The van der Waals surface area contributed by atoms with Gasteiger partial charge in [0.1, 0.15) is 19.2 Å². The van der Waals surface area contributed by atoms with Crippen LogP contribution in [0.4, 0.5) is 0 Å². The van der Waals surface area contributed by atoms with Gasteiger partial charge >= 0.3 is 0 Å². The largest absolute Gasteiger partial charge is 0.389 e. The maximum Gasteiger partial charge on any atom is 0.174 e. The van der Waals surface area contributed by atoms with Crippen LogP contribution in [0.3, 0.4) is 0 Å². The van der Waals surface area contributed by atoms with E-state index in [2.05, 4.69) is 0 Å². The molecule has 0 aromatic carbocycles. The van der Waals surface area contributed by atoms with Crippen LogP contribution in [0.15, 0.2) is 0 Å². The molecule has 0 aromatic heterocycles. The van der Waals surface area contributed by atoms with E-state index in [0.717, 1.165) is 12.6 Å². The highest BCUT2D eigenvalue weighted by molar-refractivity contribution is 5.84. The summed E-state index contributed by atoms with van der Waals surface area (Å²) in [5.41, 5.74) is 5.68. The fourth-order valence-corrected chi connectivity index (χ4v) is 2.77. The predicted molar refractivity (Wildman–Crippen MR) is 65.7 cm³/mol. The molecule has 5 heteroatoms. The van der Waals surface area contributed by atoms with Crippen molar-refractivity contribution in [1.82, 2.24) is 0 Å². The zero-order chi connectivity index (χ0) is 13.7. The van der Waals surface area contributed by atoms with E-state index in [0.29, 0.717) is 19.3 Å². The van der Waals surface area contributed by atoms with E-state index in [-0.39, 0.29) is 29.5 Å². The molecule has 1 saturated carbocycles. The van der Waals surface area contributed by atoms with Crippen molar-refractivity contribution in [3.8, 4) is 0 Å². The third-order valence-electron chi connectivity index (χ3n) is 4.07. The van der Waals surface area contributed by atoms with Crippen molar-refractivity contribution in [3.05, 3.63) is 0 Å². The minimum atomic E-state index is -0.701. The number of hydrogen-bond donors (Lipinski definition) is 2. The molecule has 0 bridgehead atoms. The van der Waals surface area contributed by atoms with E-state index < -0.39 is 12.6 Å². The van der Waals surface area contributed by atoms with Crippen molar-refractivity contribution in [2.24, 2.45) is 29.4 Å². The summed E-state index contributed by atoms with van der Waals surface area (Å²) < 4.78 is 0. The Balaban J connectivity index is 2.64. The number of rotatable bonds is 6. The van der Waals surface area contributed by atoms with E-state index in [9.17, 15) is 14.4 Å². The van der Waals surface area contributed by atoms with Gasteiger partial charge in [-0.15, -0.1) is 0 Å². The minimum absolute atomic E-state index is 0.0565. The second-order valence-electron chi connectivity index (χ2n) is 5.26. The number of aliphatic hydroxyl groups is 1. The van der Waals surface area contributed by atoms with Gasteiger partial charge in [-0.2, -0.15) is 0 Å². The summed E-state index contributed by atoms with van der Waals surface area (Å²) in [6.45, 7) is 1.35. The highest BCUT2D eigenvalue weighted by Gasteiger charge is 2.35. The van der Waals surface area contributed by atoms with Gasteiger partial charge in [0.25, 0.3) is 0 Å². The molecular formula is C13H21NO4. The summed E-state index contributed by atoms with van der Waals surface area (Å²) in [6.07, 6.45) is 3.56. The Morgan fingerprint density at radius 2 is 1.83 bits per heavy atom. The number of carbonyl (C=O) groups excluding carboxylic acids is 3. The van der Waals surface area contributed by atoms with Crippen molar-refractivity contribution >= 4 is 18.4 Å². The number of ketones is 1.